The van der Waals surface area contributed by atoms with Gasteiger partial charge in [0.25, 0.3) is 11.7 Å². The van der Waals surface area contributed by atoms with E-state index in [1.54, 1.807) is 24.3 Å². The minimum Gasteiger partial charge on any atom is -0.507 e. The molecule has 1 fully saturated rings. The molecule has 1 saturated heterocycles. The summed E-state index contributed by atoms with van der Waals surface area (Å²) in [7, 11) is 0. The Morgan fingerprint density at radius 1 is 1.00 bits per heavy atom. The van der Waals surface area contributed by atoms with Gasteiger partial charge in [0.15, 0.2) is 0 Å². The average Bonchev–Trinajstić information content (AvgIpc) is 3.03. The fraction of sp³-hybridized carbons (Fsp3) is 0.154. The van der Waals surface area contributed by atoms with Crippen molar-refractivity contribution in [1.29, 1.82) is 0 Å². The van der Waals surface area contributed by atoms with Gasteiger partial charge >= 0.3 is 0 Å². The van der Waals surface area contributed by atoms with E-state index in [2.05, 4.69) is 0 Å². The Bertz CT molecular complexity index is 1280. The highest BCUT2D eigenvalue weighted by Crippen LogP contribution is 2.43. The van der Waals surface area contributed by atoms with Crippen molar-refractivity contribution >= 4 is 46.3 Å². The van der Waals surface area contributed by atoms with Crippen molar-refractivity contribution in [3.8, 4) is 5.75 Å². The number of rotatable bonds is 5. The summed E-state index contributed by atoms with van der Waals surface area (Å²) in [4.78, 5) is 27.6. The van der Waals surface area contributed by atoms with Gasteiger partial charge < -0.3 is 9.84 Å². The number of Topliss-reactive ketones (excluding diaryl/α,β-unsaturated/α-hetero) is 1. The Hall–Kier alpha value is -3.35. The van der Waals surface area contributed by atoms with Crippen molar-refractivity contribution in [2.75, 3.05) is 4.90 Å². The van der Waals surface area contributed by atoms with Crippen LogP contribution in [0.5, 0.6) is 5.75 Å². The predicted molar refractivity (Wildman–Crippen MR) is 130 cm³/mol. The molecule has 0 spiro atoms. The minimum atomic E-state index is -1.04. The van der Waals surface area contributed by atoms with E-state index < -0.39 is 23.5 Å². The molecule has 0 aromatic heterocycles. The summed E-state index contributed by atoms with van der Waals surface area (Å²) in [5.74, 6) is -2.13. The molecular formula is C26H20Cl2FNO4. The second kappa shape index (κ2) is 9.49. The van der Waals surface area contributed by atoms with Crippen molar-refractivity contribution < 1.29 is 23.8 Å². The molecule has 0 radical (unpaired) electrons. The molecular weight excluding hydrogens is 480 g/mol. The molecule has 5 nitrogen and oxygen atoms in total. The molecule has 3 aromatic carbocycles. The standard InChI is InChI=1S/C26H20Cl2FNO4/c1-14(2)34-21-5-3-4-16(10-21)24(31)22-23(15-6-8-19(29)9-7-15)30(26(33)25(22)32)20-12-17(27)11-18(28)13-20/h3-14,23,31H,1-2H3/b24-22+. The average molecular weight is 500 g/mol. The maximum absolute atomic E-state index is 13.7. The van der Waals surface area contributed by atoms with Gasteiger partial charge in [0.05, 0.1) is 17.7 Å². The topological polar surface area (TPSA) is 66.8 Å². The Balaban J connectivity index is 1.92. The van der Waals surface area contributed by atoms with Gasteiger partial charge in [-0.05, 0) is 61.9 Å². The van der Waals surface area contributed by atoms with E-state index in [9.17, 15) is 19.1 Å². The number of carbonyl (C=O) groups excluding carboxylic acids is 2. The number of hydrogen-bond donors (Lipinski definition) is 1. The largest absolute Gasteiger partial charge is 0.507 e. The Labute approximate surface area is 206 Å². The van der Waals surface area contributed by atoms with E-state index in [-0.39, 0.29) is 33.2 Å². The lowest BCUT2D eigenvalue weighted by Gasteiger charge is -2.26. The van der Waals surface area contributed by atoms with Crippen LogP contribution in [-0.4, -0.2) is 22.9 Å². The fourth-order valence-electron chi connectivity index (χ4n) is 3.88. The van der Waals surface area contributed by atoms with Gasteiger partial charge in [-0.25, -0.2) is 4.39 Å². The smallest absolute Gasteiger partial charge is 0.300 e. The highest BCUT2D eigenvalue weighted by atomic mass is 35.5. The quantitative estimate of drug-likeness (QED) is 0.245. The van der Waals surface area contributed by atoms with Crippen molar-refractivity contribution in [2.24, 2.45) is 0 Å². The minimum absolute atomic E-state index is 0.102. The number of benzene rings is 3. The third-order valence-corrected chi connectivity index (χ3v) is 5.67. The molecule has 4 rings (SSSR count). The second-order valence-corrected chi connectivity index (χ2v) is 8.92. The molecule has 1 amide bonds. The molecule has 1 N–H and O–H groups in total. The number of hydrogen-bond acceptors (Lipinski definition) is 4. The number of amides is 1. The van der Waals surface area contributed by atoms with E-state index in [4.69, 9.17) is 27.9 Å². The Morgan fingerprint density at radius 3 is 2.26 bits per heavy atom. The summed E-state index contributed by atoms with van der Waals surface area (Å²) in [5, 5.41) is 11.8. The summed E-state index contributed by atoms with van der Waals surface area (Å²) >= 11 is 12.3. The van der Waals surface area contributed by atoms with Gasteiger partial charge in [-0.1, -0.05) is 47.5 Å². The third-order valence-electron chi connectivity index (χ3n) is 5.23. The highest BCUT2D eigenvalue weighted by Gasteiger charge is 2.47. The Morgan fingerprint density at radius 2 is 1.65 bits per heavy atom. The van der Waals surface area contributed by atoms with E-state index in [0.717, 1.165) is 0 Å². The molecule has 3 aromatic rings. The number of aliphatic hydroxyl groups is 1. The van der Waals surface area contributed by atoms with E-state index in [1.165, 1.54) is 47.4 Å². The zero-order valence-electron chi connectivity index (χ0n) is 18.3. The van der Waals surface area contributed by atoms with Gasteiger partial charge in [0.2, 0.25) is 0 Å². The van der Waals surface area contributed by atoms with Crippen LogP contribution in [0.1, 0.15) is 31.0 Å². The Kier molecular flexibility index (Phi) is 6.64. The number of carbonyl (C=O) groups is 2. The first-order valence-corrected chi connectivity index (χ1v) is 11.2. The zero-order chi connectivity index (χ0) is 24.6. The number of ketones is 1. The molecule has 1 atom stereocenters. The van der Waals surface area contributed by atoms with Crippen molar-refractivity contribution in [1.82, 2.24) is 0 Å². The van der Waals surface area contributed by atoms with Gasteiger partial charge in [-0.3, -0.25) is 14.5 Å². The molecule has 8 heteroatoms. The molecule has 34 heavy (non-hydrogen) atoms. The monoisotopic (exact) mass is 499 g/mol. The van der Waals surface area contributed by atoms with Gasteiger partial charge in [-0.15, -0.1) is 0 Å². The third kappa shape index (κ3) is 4.65. The predicted octanol–water partition coefficient (Wildman–Crippen LogP) is 6.55. The number of halogens is 3. The van der Waals surface area contributed by atoms with Crippen molar-refractivity contribution in [2.45, 2.75) is 26.0 Å². The van der Waals surface area contributed by atoms with Crippen LogP contribution >= 0.6 is 23.2 Å². The molecule has 1 aliphatic rings. The molecule has 1 heterocycles. The number of nitrogens with zero attached hydrogens (tertiary/aromatic N) is 1. The number of ether oxygens (including phenoxy) is 1. The van der Waals surface area contributed by atoms with Crippen LogP contribution in [0.25, 0.3) is 5.76 Å². The van der Waals surface area contributed by atoms with Gasteiger partial charge in [-0.2, -0.15) is 0 Å². The van der Waals surface area contributed by atoms with E-state index >= 15 is 0 Å². The second-order valence-electron chi connectivity index (χ2n) is 8.04. The SMILES string of the molecule is CC(C)Oc1cccc(/C(O)=C2\C(=O)C(=O)N(c3cc(Cl)cc(Cl)c3)C2c2ccc(F)cc2)c1. The molecule has 1 aliphatic heterocycles. The first kappa shape index (κ1) is 23.8. The highest BCUT2D eigenvalue weighted by molar-refractivity contribution is 6.52. The molecule has 1 unspecified atom stereocenters. The van der Waals surface area contributed by atoms with Crippen molar-refractivity contribution in [3.63, 3.8) is 0 Å². The molecule has 0 saturated carbocycles. The van der Waals surface area contributed by atoms with Gasteiger partial charge in [0.1, 0.15) is 17.3 Å². The molecule has 0 bridgehead atoms. The molecule has 174 valence electrons. The summed E-state index contributed by atoms with van der Waals surface area (Å²) in [6, 6.07) is 15.4. The van der Waals surface area contributed by atoms with Crippen LogP contribution < -0.4 is 9.64 Å². The van der Waals surface area contributed by atoms with Crippen LogP contribution in [0.4, 0.5) is 10.1 Å². The van der Waals surface area contributed by atoms with Crippen LogP contribution in [-0.2, 0) is 9.59 Å². The van der Waals surface area contributed by atoms with Crippen LogP contribution in [0.3, 0.4) is 0 Å². The first-order valence-electron chi connectivity index (χ1n) is 10.5. The van der Waals surface area contributed by atoms with Crippen molar-refractivity contribution in [3.05, 3.63) is 99.3 Å². The lowest BCUT2D eigenvalue weighted by atomic mass is 9.95. The summed E-state index contributed by atoms with van der Waals surface area (Å²) < 4.78 is 19.4. The van der Waals surface area contributed by atoms with Crippen LogP contribution in [0, 0.1) is 5.82 Å². The lowest BCUT2D eigenvalue weighted by Crippen LogP contribution is -2.29. The fourth-order valence-corrected chi connectivity index (χ4v) is 4.40. The normalized spacial score (nSPS) is 17.5. The maximum atomic E-state index is 13.7. The van der Waals surface area contributed by atoms with Crippen LogP contribution in [0.2, 0.25) is 10.0 Å². The first-order chi connectivity index (χ1) is 16.2. The summed E-state index contributed by atoms with van der Waals surface area (Å²) in [6.45, 7) is 3.73. The number of aliphatic hydroxyl groups excluding tert-OH is 1. The van der Waals surface area contributed by atoms with E-state index in [0.29, 0.717) is 16.9 Å². The maximum Gasteiger partial charge on any atom is 0.300 e. The summed E-state index contributed by atoms with van der Waals surface area (Å²) in [5.41, 5.74) is 0.847. The van der Waals surface area contributed by atoms with E-state index in [1.807, 2.05) is 13.8 Å². The van der Waals surface area contributed by atoms with Crippen LogP contribution in [0.15, 0.2) is 72.3 Å². The zero-order valence-corrected chi connectivity index (χ0v) is 19.8. The summed E-state index contributed by atoms with van der Waals surface area (Å²) in [6.07, 6.45) is -0.102. The lowest BCUT2D eigenvalue weighted by molar-refractivity contribution is -0.132. The van der Waals surface area contributed by atoms with Gasteiger partial charge in [0, 0.05) is 21.3 Å². The molecule has 0 aliphatic carbocycles. The number of anilines is 1.